The van der Waals surface area contributed by atoms with Crippen molar-refractivity contribution in [2.45, 2.75) is 12.8 Å². The Morgan fingerprint density at radius 1 is 0.875 bits per heavy atom. The van der Waals surface area contributed by atoms with Gasteiger partial charge < -0.3 is 0 Å². The lowest BCUT2D eigenvalue weighted by atomic mass is 9.95. The van der Waals surface area contributed by atoms with E-state index in [1.165, 1.54) is 0 Å². The van der Waals surface area contributed by atoms with Crippen LogP contribution in [0, 0.1) is 0 Å². The molecule has 3 heteroatoms. The first kappa shape index (κ1) is 11.3. The van der Waals surface area contributed by atoms with Crippen molar-refractivity contribution in [1.29, 1.82) is 0 Å². The maximum atomic E-state index is 12.0. The third-order valence-electron chi connectivity index (χ3n) is 2.47. The Labute approximate surface area is 105 Å². The molecule has 2 rings (SSSR count). The highest BCUT2D eigenvalue weighted by Gasteiger charge is 2.14. The molecule has 0 saturated carbocycles. The lowest BCUT2D eigenvalue weighted by Crippen LogP contribution is -2.09. The Bertz CT molecular complexity index is 446. The van der Waals surface area contributed by atoms with Crippen molar-refractivity contribution in [2.24, 2.45) is 0 Å². The van der Waals surface area contributed by atoms with Gasteiger partial charge in [0.05, 0.1) is 0 Å². The third-order valence-corrected chi connectivity index (χ3v) is 3.07. The van der Waals surface area contributed by atoms with E-state index in [2.05, 4.69) is 0 Å². The summed E-state index contributed by atoms with van der Waals surface area (Å²) in [5.74, 6) is 0.0532. The van der Waals surface area contributed by atoms with E-state index in [0.29, 0.717) is 12.8 Å². The number of thiocarbonyl (C=S) groups is 2. The summed E-state index contributed by atoms with van der Waals surface area (Å²) >= 11 is 10.1. The van der Waals surface area contributed by atoms with Crippen LogP contribution in [0.1, 0.15) is 12.8 Å². The zero-order valence-electron chi connectivity index (χ0n) is 8.60. The van der Waals surface area contributed by atoms with E-state index >= 15 is 0 Å². The monoisotopic (exact) mass is 246 g/mol. The molecule has 0 fully saturated rings. The second-order valence-corrected chi connectivity index (χ2v) is 4.70. The van der Waals surface area contributed by atoms with E-state index in [-0.39, 0.29) is 5.78 Å². The van der Waals surface area contributed by atoms with Crippen molar-refractivity contribution in [3.05, 3.63) is 47.6 Å². The van der Waals surface area contributed by atoms with Crippen LogP contribution in [0.2, 0.25) is 0 Å². The van der Waals surface area contributed by atoms with Crippen LogP contribution in [0.15, 0.2) is 47.6 Å². The van der Waals surface area contributed by atoms with Gasteiger partial charge in [0, 0.05) is 33.7 Å². The SMILES string of the molecule is O=C(C1=CCC(=S)C=C1)C1=CCC(=S)C=C1. The molecule has 0 heterocycles. The normalized spacial score (nSPS) is 19.5. The number of ketones is 1. The molecular weight excluding hydrogens is 236 g/mol. The second kappa shape index (κ2) is 4.76. The van der Waals surface area contributed by atoms with E-state index in [1.54, 1.807) is 12.2 Å². The predicted molar refractivity (Wildman–Crippen MR) is 73.9 cm³/mol. The van der Waals surface area contributed by atoms with Gasteiger partial charge in [0.25, 0.3) is 0 Å². The van der Waals surface area contributed by atoms with Gasteiger partial charge in [-0.05, 0) is 12.2 Å². The molecule has 0 unspecified atom stereocenters. The van der Waals surface area contributed by atoms with Crippen LogP contribution in [0.4, 0.5) is 0 Å². The molecule has 0 saturated heterocycles. The van der Waals surface area contributed by atoms with E-state index < -0.39 is 0 Å². The molecule has 0 aliphatic heterocycles. The van der Waals surface area contributed by atoms with Crippen molar-refractivity contribution in [1.82, 2.24) is 0 Å². The van der Waals surface area contributed by atoms with Crippen molar-refractivity contribution >= 4 is 39.9 Å². The molecule has 1 nitrogen and oxygen atoms in total. The van der Waals surface area contributed by atoms with Gasteiger partial charge in [-0.3, -0.25) is 4.79 Å². The predicted octanol–water partition coefficient (Wildman–Crippen LogP) is 3.07. The lowest BCUT2D eigenvalue weighted by Gasteiger charge is -2.09. The number of allylic oxidation sites excluding steroid dienone is 8. The molecule has 0 aromatic heterocycles. The maximum Gasteiger partial charge on any atom is 0.192 e. The smallest absolute Gasteiger partial charge is 0.192 e. The summed E-state index contributed by atoms with van der Waals surface area (Å²) in [6.07, 6.45) is 12.3. The van der Waals surface area contributed by atoms with Crippen LogP contribution in [0.5, 0.6) is 0 Å². The van der Waals surface area contributed by atoms with Crippen LogP contribution in [0.3, 0.4) is 0 Å². The van der Waals surface area contributed by atoms with Crippen LogP contribution >= 0.6 is 24.4 Å². The van der Waals surface area contributed by atoms with Crippen molar-refractivity contribution < 1.29 is 4.79 Å². The average Bonchev–Trinajstić information content (AvgIpc) is 2.30. The van der Waals surface area contributed by atoms with Crippen LogP contribution < -0.4 is 0 Å². The minimum atomic E-state index is 0.0532. The maximum absolute atomic E-state index is 12.0. The largest absolute Gasteiger partial charge is 0.289 e. The topological polar surface area (TPSA) is 17.1 Å². The Kier molecular flexibility index (Phi) is 3.36. The minimum Gasteiger partial charge on any atom is -0.289 e. The fourth-order valence-corrected chi connectivity index (χ4v) is 1.86. The van der Waals surface area contributed by atoms with Gasteiger partial charge in [0.2, 0.25) is 0 Å². The second-order valence-electron chi connectivity index (χ2n) is 3.66. The van der Waals surface area contributed by atoms with Crippen molar-refractivity contribution in [2.75, 3.05) is 0 Å². The molecule has 16 heavy (non-hydrogen) atoms. The molecule has 0 aromatic carbocycles. The van der Waals surface area contributed by atoms with Gasteiger partial charge in [-0.15, -0.1) is 0 Å². The zero-order valence-corrected chi connectivity index (χ0v) is 10.2. The molecule has 0 aromatic rings. The summed E-state index contributed by atoms with van der Waals surface area (Å²) in [4.78, 5) is 13.8. The summed E-state index contributed by atoms with van der Waals surface area (Å²) in [5.41, 5.74) is 1.44. The Balaban J connectivity index is 2.16. The number of carbonyl (C=O) groups is 1. The molecule has 2 aliphatic carbocycles. The molecule has 2 aliphatic rings. The Morgan fingerprint density at radius 2 is 1.31 bits per heavy atom. The van der Waals surface area contributed by atoms with Crippen molar-refractivity contribution in [3.63, 3.8) is 0 Å². The summed E-state index contributed by atoms with van der Waals surface area (Å²) in [6.45, 7) is 0. The summed E-state index contributed by atoms with van der Waals surface area (Å²) in [5, 5.41) is 0. The van der Waals surface area contributed by atoms with Crippen molar-refractivity contribution in [3.8, 4) is 0 Å². The first-order valence-corrected chi connectivity index (χ1v) is 5.85. The molecule has 0 N–H and O–H groups in total. The fraction of sp³-hybridized carbons (Fsp3) is 0.154. The van der Waals surface area contributed by atoms with E-state index in [9.17, 15) is 4.79 Å². The minimum absolute atomic E-state index is 0.0532. The summed E-state index contributed by atoms with van der Waals surface area (Å²) in [6, 6.07) is 0. The van der Waals surface area contributed by atoms with Crippen LogP contribution in [-0.2, 0) is 4.79 Å². The summed E-state index contributed by atoms with van der Waals surface area (Å²) in [7, 11) is 0. The highest BCUT2D eigenvalue weighted by molar-refractivity contribution is 7.81. The van der Waals surface area contributed by atoms with E-state index in [4.69, 9.17) is 24.4 Å². The first-order chi connectivity index (χ1) is 7.66. The van der Waals surface area contributed by atoms with Gasteiger partial charge in [-0.2, -0.15) is 0 Å². The standard InChI is InChI=1S/C13H10OS2/c14-13(9-1-5-11(15)6-2-9)10-3-7-12(16)8-4-10/h1-5,7H,6,8H2. The van der Waals surface area contributed by atoms with E-state index in [0.717, 1.165) is 20.9 Å². The average molecular weight is 246 g/mol. The van der Waals surface area contributed by atoms with Gasteiger partial charge >= 0.3 is 0 Å². The first-order valence-electron chi connectivity index (χ1n) is 5.03. The molecule has 0 spiro atoms. The molecule has 0 atom stereocenters. The zero-order chi connectivity index (χ0) is 11.5. The van der Waals surface area contributed by atoms with Gasteiger partial charge in [0.1, 0.15) is 0 Å². The van der Waals surface area contributed by atoms with Crippen LogP contribution in [0.25, 0.3) is 0 Å². The highest BCUT2D eigenvalue weighted by Crippen LogP contribution is 2.17. The number of Topliss-reactive ketones (excluding diaryl/α,β-unsaturated/α-hetero) is 1. The lowest BCUT2D eigenvalue weighted by molar-refractivity contribution is -0.111. The van der Waals surface area contributed by atoms with Gasteiger partial charge in [-0.25, -0.2) is 0 Å². The number of hydrogen-bond donors (Lipinski definition) is 0. The van der Waals surface area contributed by atoms with Gasteiger partial charge in [-0.1, -0.05) is 48.7 Å². The Morgan fingerprint density at radius 3 is 1.62 bits per heavy atom. The number of hydrogen-bond acceptors (Lipinski definition) is 3. The molecular formula is C13H10OS2. The number of carbonyl (C=O) groups excluding carboxylic acids is 1. The molecule has 0 radical (unpaired) electrons. The molecule has 80 valence electrons. The highest BCUT2D eigenvalue weighted by atomic mass is 32.1. The fourth-order valence-electron chi connectivity index (χ4n) is 1.56. The quantitative estimate of drug-likeness (QED) is 0.697. The Hall–Kier alpha value is -1.19. The number of rotatable bonds is 2. The van der Waals surface area contributed by atoms with Crippen LogP contribution in [-0.4, -0.2) is 15.5 Å². The van der Waals surface area contributed by atoms with Gasteiger partial charge in [0.15, 0.2) is 5.78 Å². The van der Waals surface area contributed by atoms with E-state index in [1.807, 2.05) is 24.3 Å². The molecule has 0 amide bonds. The summed E-state index contributed by atoms with van der Waals surface area (Å²) < 4.78 is 0. The third kappa shape index (κ3) is 2.49. The molecule has 0 bridgehead atoms.